The second kappa shape index (κ2) is 3.40. The Morgan fingerprint density at radius 2 is 2.33 bits per heavy atom. The van der Waals surface area contributed by atoms with E-state index in [2.05, 4.69) is 16.7 Å². The molecule has 0 unspecified atom stereocenters. The maximum Gasteiger partial charge on any atom is 0.280 e. The molecule has 6 nitrogen and oxygen atoms in total. The quantitative estimate of drug-likeness (QED) is 0.222. The van der Waals surface area contributed by atoms with Crippen LogP contribution in [-0.4, -0.2) is 11.6 Å². The van der Waals surface area contributed by atoms with E-state index in [0.29, 0.717) is 0 Å². The zero-order valence-corrected chi connectivity index (χ0v) is 4.46. The summed E-state index contributed by atoms with van der Waals surface area (Å²) in [6.45, 7) is 0. The minimum Gasteiger partial charge on any atom is -0.364 e. The molecule has 6 heteroatoms. The van der Waals surface area contributed by atoms with Crippen molar-refractivity contribution in [2.75, 3.05) is 0 Å². The van der Waals surface area contributed by atoms with Crippen LogP contribution in [0, 0.1) is 11.3 Å². The van der Waals surface area contributed by atoms with E-state index in [1.807, 2.05) is 0 Å². The summed E-state index contributed by atoms with van der Waals surface area (Å²) >= 11 is 0. The molecule has 0 fully saturated rings. The number of nitrogens with zero attached hydrogens (tertiary/aromatic N) is 2. The number of primary amides is 1. The number of nitrogens with two attached hydrogens (primary N) is 2. The topological polar surface area (TPSA) is 117 Å². The van der Waals surface area contributed by atoms with Crippen molar-refractivity contribution in [2.24, 2.45) is 16.7 Å². The molecule has 0 spiro atoms. The number of rotatable bonds is 2. The Morgan fingerprint density at radius 1 is 1.78 bits per heavy atom. The maximum atomic E-state index is 10.1. The van der Waals surface area contributed by atoms with E-state index in [-0.39, 0.29) is 0 Å². The van der Waals surface area contributed by atoms with Crippen LogP contribution < -0.4 is 17.1 Å². The minimum atomic E-state index is -0.907. The van der Waals surface area contributed by atoms with Gasteiger partial charge in [0, 0.05) is 0 Å². The zero-order chi connectivity index (χ0) is 7.28. The van der Waals surface area contributed by atoms with Gasteiger partial charge >= 0.3 is 0 Å². The summed E-state index contributed by atoms with van der Waals surface area (Å²) in [6, 6.07) is 1.44. The molecule has 0 heterocycles. The Kier molecular flexibility index (Phi) is 2.79. The second-order valence-corrected chi connectivity index (χ2v) is 1.07. The largest absolute Gasteiger partial charge is 0.364 e. The standard InChI is InChI=1S/C3H5N5O/c4-1-2(3(5)9)7-8-6/h8H,6H2,(H2,5,9)/b7-2+. The van der Waals surface area contributed by atoms with Crippen LogP contribution in [-0.2, 0) is 4.79 Å². The van der Waals surface area contributed by atoms with Gasteiger partial charge < -0.3 is 5.73 Å². The number of carbonyl (C=O) groups is 1. The molecule has 0 aromatic rings. The molecule has 0 aromatic heterocycles. The summed E-state index contributed by atoms with van der Waals surface area (Å²) < 4.78 is 0. The Bertz CT molecular complexity index is 177. The average molecular weight is 127 g/mol. The van der Waals surface area contributed by atoms with Crippen molar-refractivity contribution < 1.29 is 4.79 Å². The van der Waals surface area contributed by atoms with Gasteiger partial charge in [-0.05, 0) is 0 Å². The van der Waals surface area contributed by atoms with Gasteiger partial charge in [-0.1, -0.05) is 0 Å². The lowest BCUT2D eigenvalue weighted by molar-refractivity contribution is -0.111. The Morgan fingerprint density at radius 3 is 2.44 bits per heavy atom. The fourth-order valence-corrected chi connectivity index (χ4v) is 0.200. The molecule has 0 bridgehead atoms. The SMILES string of the molecule is N#C/C(=N\NN)C(N)=O. The third-order valence-electron chi connectivity index (χ3n) is 0.516. The van der Waals surface area contributed by atoms with Crippen molar-refractivity contribution in [3.8, 4) is 6.07 Å². The Balaban J connectivity index is 4.20. The Hall–Kier alpha value is -1.61. The number of nitriles is 1. The van der Waals surface area contributed by atoms with E-state index in [1.165, 1.54) is 6.07 Å². The summed E-state index contributed by atoms with van der Waals surface area (Å²) in [5.74, 6) is 3.74. The first kappa shape index (κ1) is 7.39. The van der Waals surface area contributed by atoms with E-state index < -0.39 is 11.6 Å². The van der Waals surface area contributed by atoms with Gasteiger partial charge in [-0.25, -0.2) is 11.4 Å². The molecule has 0 saturated carbocycles. The number of carbonyl (C=O) groups excluding carboxylic acids is 1. The van der Waals surface area contributed by atoms with Crippen LogP contribution in [0.25, 0.3) is 0 Å². The van der Waals surface area contributed by atoms with Crippen molar-refractivity contribution >= 4 is 11.6 Å². The highest BCUT2D eigenvalue weighted by molar-refractivity contribution is 6.44. The lowest BCUT2D eigenvalue weighted by Crippen LogP contribution is -2.26. The smallest absolute Gasteiger partial charge is 0.280 e. The first-order valence-electron chi connectivity index (χ1n) is 1.95. The third-order valence-corrected chi connectivity index (χ3v) is 0.516. The highest BCUT2D eigenvalue weighted by atomic mass is 16.1. The van der Waals surface area contributed by atoms with Crippen LogP contribution in [0.1, 0.15) is 0 Å². The van der Waals surface area contributed by atoms with Crippen LogP contribution >= 0.6 is 0 Å². The normalized spacial score (nSPS) is 10.0. The van der Waals surface area contributed by atoms with Gasteiger partial charge in [0.2, 0.25) is 5.71 Å². The lowest BCUT2D eigenvalue weighted by Gasteiger charge is -1.87. The van der Waals surface area contributed by atoms with Crippen molar-refractivity contribution in [1.82, 2.24) is 5.53 Å². The molecule has 0 aromatic carbocycles. The molecule has 0 saturated heterocycles. The summed E-state index contributed by atoms with van der Waals surface area (Å²) in [6.07, 6.45) is 0. The first-order valence-corrected chi connectivity index (χ1v) is 1.95. The lowest BCUT2D eigenvalue weighted by atomic mass is 10.4. The van der Waals surface area contributed by atoms with Crippen molar-refractivity contribution in [1.29, 1.82) is 5.26 Å². The van der Waals surface area contributed by atoms with E-state index in [1.54, 1.807) is 5.53 Å². The summed E-state index contributed by atoms with van der Waals surface area (Å²) in [5, 5.41) is 11.1. The fraction of sp³-hybridized carbons (Fsp3) is 0. The molecule has 0 rings (SSSR count). The van der Waals surface area contributed by atoms with E-state index >= 15 is 0 Å². The van der Waals surface area contributed by atoms with Gasteiger partial charge in [-0.3, -0.25) is 4.79 Å². The molecule has 0 aliphatic carbocycles. The molecule has 0 aliphatic rings. The van der Waals surface area contributed by atoms with Gasteiger partial charge in [0.1, 0.15) is 6.07 Å². The predicted octanol–water partition coefficient (Wildman–Crippen LogP) is -2.19. The number of nitrogens with one attached hydrogen (secondary N) is 1. The molecular weight excluding hydrogens is 122 g/mol. The highest BCUT2D eigenvalue weighted by Gasteiger charge is 2.02. The molecule has 9 heavy (non-hydrogen) atoms. The van der Waals surface area contributed by atoms with Crippen molar-refractivity contribution in [3.63, 3.8) is 0 Å². The number of hydrogen-bond acceptors (Lipinski definition) is 5. The molecule has 0 radical (unpaired) electrons. The minimum absolute atomic E-state index is 0.447. The first-order chi connectivity index (χ1) is 4.22. The van der Waals surface area contributed by atoms with Gasteiger partial charge in [0.05, 0.1) is 0 Å². The summed E-state index contributed by atoms with van der Waals surface area (Å²) in [4.78, 5) is 10.1. The molecular formula is C3H5N5O. The van der Waals surface area contributed by atoms with Crippen molar-refractivity contribution in [2.45, 2.75) is 0 Å². The average Bonchev–Trinajstić information content (AvgIpc) is 1.82. The summed E-state index contributed by atoms with van der Waals surface area (Å²) in [7, 11) is 0. The molecule has 0 aliphatic heterocycles. The molecule has 0 atom stereocenters. The Labute approximate surface area is 51.1 Å². The van der Waals surface area contributed by atoms with Gasteiger partial charge in [0.25, 0.3) is 5.91 Å². The van der Waals surface area contributed by atoms with Gasteiger partial charge in [-0.15, -0.1) is 5.10 Å². The van der Waals surface area contributed by atoms with E-state index in [9.17, 15) is 4.79 Å². The number of hydrazine groups is 1. The van der Waals surface area contributed by atoms with Crippen LogP contribution in [0.2, 0.25) is 0 Å². The molecule has 5 N–H and O–H groups in total. The van der Waals surface area contributed by atoms with Crippen LogP contribution in [0.15, 0.2) is 5.10 Å². The van der Waals surface area contributed by atoms with Crippen LogP contribution in [0.5, 0.6) is 0 Å². The molecule has 48 valence electrons. The van der Waals surface area contributed by atoms with Crippen LogP contribution in [0.4, 0.5) is 0 Å². The summed E-state index contributed by atoms with van der Waals surface area (Å²) in [5.41, 5.74) is 5.96. The monoisotopic (exact) mass is 127 g/mol. The van der Waals surface area contributed by atoms with Crippen LogP contribution in [0.3, 0.4) is 0 Å². The second-order valence-electron chi connectivity index (χ2n) is 1.07. The van der Waals surface area contributed by atoms with E-state index in [0.717, 1.165) is 0 Å². The predicted molar refractivity (Wildman–Crippen MR) is 29.6 cm³/mol. The van der Waals surface area contributed by atoms with Gasteiger partial charge in [0.15, 0.2) is 0 Å². The zero-order valence-electron chi connectivity index (χ0n) is 4.46. The fourth-order valence-electron chi connectivity index (χ4n) is 0.200. The number of hydrogen-bond donors (Lipinski definition) is 3. The van der Waals surface area contributed by atoms with Crippen molar-refractivity contribution in [3.05, 3.63) is 0 Å². The molecule has 1 amide bonds. The van der Waals surface area contributed by atoms with Gasteiger partial charge in [-0.2, -0.15) is 5.26 Å². The number of amides is 1. The third kappa shape index (κ3) is 2.25. The van der Waals surface area contributed by atoms with E-state index in [4.69, 9.17) is 5.26 Å². The maximum absolute atomic E-state index is 10.1. The highest BCUT2D eigenvalue weighted by Crippen LogP contribution is 1.68. The number of hydrazone groups is 1.